The number of rotatable bonds is 9. The van der Waals surface area contributed by atoms with Crippen molar-refractivity contribution in [1.82, 2.24) is 5.32 Å². The highest BCUT2D eigenvalue weighted by Gasteiger charge is 2.38. The molecule has 1 unspecified atom stereocenters. The number of nitrogens with zero attached hydrogens (tertiary/aromatic N) is 2. The monoisotopic (exact) mass is 495 g/mol. The average molecular weight is 496 g/mol. The van der Waals surface area contributed by atoms with Gasteiger partial charge in [0.05, 0.1) is 31.9 Å². The standard InChI is InChI=1S/C31H33N3O3/c1-36-29-14-13-25(19-30(29)37-2)31(35)34(28(17-21-11-12-21)27-10-5-15-33-27)26-9-4-8-24(18-26)23-7-3-6-22(16-23)20-32/h3-4,6-9,13-14,16,18-19,21,27-28,33H,5,10-12,15,17H2,1-2H3/t27?,28-/m0/s1. The van der Waals surface area contributed by atoms with E-state index in [1.807, 2.05) is 47.4 Å². The van der Waals surface area contributed by atoms with Crippen molar-refractivity contribution >= 4 is 11.6 Å². The minimum Gasteiger partial charge on any atom is -0.493 e. The molecule has 3 aromatic carbocycles. The molecule has 2 aliphatic rings. The summed E-state index contributed by atoms with van der Waals surface area (Å²) >= 11 is 0. The van der Waals surface area contributed by atoms with Crippen LogP contribution in [0.15, 0.2) is 66.7 Å². The minimum atomic E-state index is -0.0526. The van der Waals surface area contributed by atoms with Gasteiger partial charge in [-0.05, 0) is 85.3 Å². The lowest BCUT2D eigenvalue weighted by Crippen LogP contribution is -2.51. The van der Waals surface area contributed by atoms with Crippen LogP contribution < -0.4 is 19.7 Å². The highest BCUT2D eigenvalue weighted by Crippen LogP contribution is 2.39. The van der Waals surface area contributed by atoms with Crippen molar-refractivity contribution < 1.29 is 14.3 Å². The lowest BCUT2D eigenvalue weighted by atomic mass is 9.95. The lowest BCUT2D eigenvalue weighted by molar-refractivity contribution is 0.0968. The van der Waals surface area contributed by atoms with Crippen LogP contribution in [0.5, 0.6) is 11.5 Å². The molecule has 1 heterocycles. The molecule has 2 fully saturated rings. The Morgan fingerprint density at radius 3 is 2.43 bits per heavy atom. The third kappa shape index (κ3) is 5.47. The first-order valence-corrected chi connectivity index (χ1v) is 13.0. The summed E-state index contributed by atoms with van der Waals surface area (Å²) in [5, 5.41) is 13.1. The fraction of sp³-hybridized carbons (Fsp3) is 0.355. The fourth-order valence-corrected chi connectivity index (χ4v) is 5.36. The van der Waals surface area contributed by atoms with Crippen molar-refractivity contribution in [3.05, 3.63) is 77.9 Å². The SMILES string of the molecule is COc1ccc(C(=O)N(c2cccc(-c3cccc(C#N)c3)c2)[C@@H](CC2CC2)C2CCCN2)cc1OC. The molecule has 1 aliphatic heterocycles. The number of methoxy groups -OCH3 is 2. The van der Waals surface area contributed by atoms with E-state index >= 15 is 0 Å². The van der Waals surface area contributed by atoms with Crippen LogP contribution in [0, 0.1) is 17.2 Å². The molecular formula is C31H33N3O3. The van der Waals surface area contributed by atoms with Crippen molar-refractivity contribution in [2.75, 3.05) is 25.7 Å². The van der Waals surface area contributed by atoms with E-state index in [0.717, 1.165) is 42.6 Å². The molecule has 0 bridgehead atoms. The van der Waals surface area contributed by atoms with Crippen LogP contribution in [0.3, 0.4) is 0 Å². The van der Waals surface area contributed by atoms with Gasteiger partial charge in [-0.2, -0.15) is 5.26 Å². The predicted molar refractivity (Wildman–Crippen MR) is 145 cm³/mol. The Bertz CT molecular complexity index is 1310. The molecule has 1 N–H and O–H groups in total. The summed E-state index contributed by atoms with van der Waals surface area (Å²) in [6, 6.07) is 23.6. The normalized spacial score (nSPS) is 17.6. The zero-order valence-corrected chi connectivity index (χ0v) is 21.4. The van der Waals surface area contributed by atoms with E-state index in [9.17, 15) is 10.1 Å². The van der Waals surface area contributed by atoms with Gasteiger partial charge in [-0.3, -0.25) is 4.79 Å². The van der Waals surface area contributed by atoms with Crippen molar-refractivity contribution in [2.45, 2.75) is 44.2 Å². The van der Waals surface area contributed by atoms with Gasteiger partial charge in [-0.25, -0.2) is 0 Å². The second kappa shape index (κ2) is 11.1. The highest BCUT2D eigenvalue weighted by molar-refractivity contribution is 6.07. The molecule has 2 atom stereocenters. The summed E-state index contributed by atoms with van der Waals surface area (Å²) in [6.45, 7) is 0.977. The molecular weight excluding hydrogens is 462 g/mol. The van der Waals surface area contributed by atoms with Gasteiger partial charge in [0.15, 0.2) is 11.5 Å². The smallest absolute Gasteiger partial charge is 0.258 e. The number of hydrogen-bond acceptors (Lipinski definition) is 5. The number of amides is 1. The maximum absolute atomic E-state index is 14.3. The van der Waals surface area contributed by atoms with E-state index in [1.165, 1.54) is 12.8 Å². The van der Waals surface area contributed by atoms with Gasteiger partial charge in [-0.15, -0.1) is 0 Å². The second-order valence-corrected chi connectivity index (χ2v) is 9.94. The summed E-state index contributed by atoms with van der Waals surface area (Å²) in [4.78, 5) is 16.3. The largest absolute Gasteiger partial charge is 0.493 e. The molecule has 1 aliphatic carbocycles. The number of carbonyl (C=O) groups excluding carboxylic acids is 1. The van der Waals surface area contributed by atoms with Gasteiger partial charge in [0, 0.05) is 17.3 Å². The van der Waals surface area contributed by atoms with Crippen molar-refractivity contribution in [1.29, 1.82) is 5.26 Å². The lowest BCUT2D eigenvalue weighted by Gasteiger charge is -2.36. The highest BCUT2D eigenvalue weighted by atomic mass is 16.5. The van der Waals surface area contributed by atoms with E-state index in [4.69, 9.17) is 9.47 Å². The Kier molecular flexibility index (Phi) is 7.43. The van der Waals surface area contributed by atoms with Crippen LogP contribution in [0.2, 0.25) is 0 Å². The van der Waals surface area contributed by atoms with Gasteiger partial charge in [0.2, 0.25) is 0 Å². The van der Waals surface area contributed by atoms with E-state index < -0.39 is 0 Å². The number of nitrogens with one attached hydrogen (secondary N) is 1. The van der Waals surface area contributed by atoms with Gasteiger partial charge in [0.1, 0.15) is 0 Å². The van der Waals surface area contributed by atoms with Gasteiger partial charge in [-0.1, -0.05) is 37.1 Å². The first-order valence-electron chi connectivity index (χ1n) is 13.0. The summed E-state index contributed by atoms with van der Waals surface area (Å²) in [6.07, 6.45) is 5.60. The maximum Gasteiger partial charge on any atom is 0.258 e. The summed E-state index contributed by atoms with van der Waals surface area (Å²) < 4.78 is 10.9. The molecule has 3 aromatic rings. The number of ether oxygens (including phenoxy) is 2. The van der Waals surface area contributed by atoms with E-state index in [2.05, 4.69) is 17.5 Å². The number of benzene rings is 3. The molecule has 37 heavy (non-hydrogen) atoms. The number of anilines is 1. The maximum atomic E-state index is 14.3. The van der Waals surface area contributed by atoms with Crippen LogP contribution in [0.1, 0.15) is 48.0 Å². The molecule has 0 radical (unpaired) electrons. The fourth-order valence-electron chi connectivity index (χ4n) is 5.36. The van der Waals surface area contributed by atoms with Crippen molar-refractivity contribution in [2.24, 2.45) is 5.92 Å². The first-order chi connectivity index (χ1) is 18.1. The zero-order chi connectivity index (χ0) is 25.8. The molecule has 1 saturated carbocycles. The topological polar surface area (TPSA) is 74.6 Å². The third-order valence-electron chi connectivity index (χ3n) is 7.46. The molecule has 190 valence electrons. The van der Waals surface area contributed by atoms with Crippen LogP contribution in [-0.2, 0) is 0 Å². The van der Waals surface area contributed by atoms with Gasteiger partial charge in [0.25, 0.3) is 5.91 Å². The van der Waals surface area contributed by atoms with E-state index in [0.29, 0.717) is 28.5 Å². The van der Waals surface area contributed by atoms with Crippen LogP contribution in [-0.4, -0.2) is 38.8 Å². The van der Waals surface area contributed by atoms with Crippen LogP contribution in [0.4, 0.5) is 5.69 Å². The Morgan fingerprint density at radius 2 is 1.76 bits per heavy atom. The van der Waals surface area contributed by atoms with Gasteiger partial charge >= 0.3 is 0 Å². The number of nitriles is 1. The van der Waals surface area contributed by atoms with Crippen molar-refractivity contribution in [3.8, 4) is 28.7 Å². The van der Waals surface area contributed by atoms with E-state index in [1.54, 1.807) is 32.4 Å². The molecule has 6 heteroatoms. The summed E-state index contributed by atoms with van der Waals surface area (Å²) in [5.41, 5.74) is 3.97. The zero-order valence-electron chi connectivity index (χ0n) is 21.4. The predicted octanol–water partition coefficient (Wildman–Crippen LogP) is 5.81. The van der Waals surface area contributed by atoms with Crippen molar-refractivity contribution in [3.63, 3.8) is 0 Å². The average Bonchev–Trinajstić information content (AvgIpc) is 3.61. The minimum absolute atomic E-state index is 0.0382. The Labute approximate surface area is 218 Å². The molecule has 1 saturated heterocycles. The Hall–Kier alpha value is -3.82. The number of hydrogen-bond donors (Lipinski definition) is 1. The van der Waals surface area contributed by atoms with E-state index in [-0.39, 0.29) is 18.0 Å². The summed E-state index contributed by atoms with van der Waals surface area (Å²) in [5.74, 6) is 1.73. The molecule has 1 amide bonds. The quantitative estimate of drug-likeness (QED) is 0.405. The molecule has 6 nitrogen and oxygen atoms in total. The molecule has 5 rings (SSSR count). The molecule has 0 aromatic heterocycles. The van der Waals surface area contributed by atoms with Gasteiger partial charge < -0.3 is 19.7 Å². The van der Waals surface area contributed by atoms with Crippen LogP contribution in [0.25, 0.3) is 11.1 Å². The Balaban J connectivity index is 1.59. The number of carbonyl (C=O) groups is 1. The Morgan fingerprint density at radius 1 is 1.00 bits per heavy atom. The third-order valence-corrected chi connectivity index (χ3v) is 7.46. The second-order valence-electron chi connectivity index (χ2n) is 9.94. The first kappa shape index (κ1) is 24.9. The summed E-state index contributed by atoms with van der Waals surface area (Å²) in [7, 11) is 3.18. The molecule has 0 spiro atoms. The van der Waals surface area contributed by atoms with Crippen LogP contribution >= 0.6 is 0 Å².